The molecule has 2 heterocycles. The molecule has 2 saturated heterocycles. The van der Waals surface area contributed by atoms with Gasteiger partial charge in [-0.2, -0.15) is 0 Å². The summed E-state index contributed by atoms with van der Waals surface area (Å²) >= 11 is 0. The number of nitrogens with zero attached hydrogens (tertiary/aromatic N) is 1. The van der Waals surface area contributed by atoms with Gasteiger partial charge in [0, 0.05) is 44.0 Å². The van der Waals surface area contributed by atoms with Crippen LogP contribution in [0.3, 0.4) is 0 Å². The number of rotatable bonds is 4. The van der Waals surface area contributed by atoms with Crippen molar-refractivity contribution < 1.29 is 14.3 Å². The van der Waals surface area contributed by atoms with Crippen LogP contribution in [0.2, 0.25) is 0 Å². The van der Waals surface area contributed by atoms with E-state index >= 15 is 0 Å². The molecule has 7 heteroatoms. The molecule has 0 aromatic rings. The Labute approximate surface area is 156 Å². The van der Waals surface area contributed by atoms with Crippen LogP contribution in [0.4, 0.5) is 0 Å². The second-order valence-corrected chi connectivity index (χ2v) is 8.08. The molecule has 0 bridgehead atoms. The fourth-order valence-electron chi connectivity index (χ4n) is 4.77. The number of ether oxygens (including phenoxy) is 1. The minimum Gasteiger partial charge on any atom is -0.377 e. The third kappa shape index (κ3) is 3.40. The Morgan fingerprint density at radius 1 is 1.20 bits per heavy atom. The van der Waals surface area contributed by atoms with Gasteiger partial charge in [-0.15, -0.1) is 12.4 Å². The highest BCUT2D eigenvalue weighted by Crippen LogP contribution is 2.57. The normalized spacial score (nSPS) is 33.5. The van der Waals surface area contributed by atoms with Gasteiger partial charge in [0.05, 0.1) is 6.10 Å². The van der Waals surface area contributed by atoms with Crippen molar-refractivity contribution in [2.75, 3.05) is 26.2 Å². The molecule has 3 rings (SSSR count). The number of nitrogens with two attached hydrogens (primary N) is 1. The van der Waals surface area contributed by atoms with Crippen LogP contribution in [0.5, 0.6) is 0 Å². The van der Waals surface area contributed by atoms with Crippen LogP contribution in [0, 0.1) is 11.3 Å². The van der Waals surface area contributed by atoms with Gasteiger partial charge in [-0.25, -0.2) is 0 Å². The average molecular weight is 374 g/mol. The molecule has 2 amide bonds. The Hall–Kier alpha value is -0.850. The number of carbonyl (C=O) groups excluding carboxylic acids is 2. The number of hydrogen-bond acceptors (Lipinski definition) is 4. The highest BCUT2D eigenvalue weighted by Gasteiger charge is 2.70. The van der Waals surface area contributed by atoms with Crippen LogP contribution >= 0.6 is 12.4 Å². The van der Waals surface area contributed by atoms with E-state index in [9.17, 15) is 9.59 Å². The Bertz CT molecular complexity index is 508. The first-order chi connectivity index (χ1) is 11.4. The molecule has 3 atom stereocenters. The van der Waals surface area contributed by atoms with Gasteiger partial charge in [-0.05, 0) is 32.1 Å². The van der Waals surface area contributed by atoms with Gasteiger partial charge in [-0.1, -0.05) is 13.8 Å². The third-order valence-electron chi connectivity index (χ3n) is 6.39. The predicted molar refractivity (Wildman–Crippen MR) is 98.5 cm³/mol. The van der Waals surface area contributed by atoms with Crippen molar-refractivity contribution in [1.82, 2.24) is 10.2 Å². The summed E-state index contributed by atoms with van der Waals surface area (Å²) in [6, 6.07) is 0. The molecule has 3 fully saturated rings. The Morgan fingerprint density at radius 2 is 1.88 bits per heavy atom. The summed E-state index contributed by atoms with van der Waals surface area (Å²) in [6.07, 6.45) is 5.68. The molecule has 1 aliphatic carbocycles. The van der Waals surface area contributed by atoms with Crippen molar-refractivity contribution in [1.29, 1.82) is 0 Å². The first kappa shape index (κ1) is 20.5. The van der Waals surface area contributed by atoms with Crippen molar-refractivity contribution in [3.05, 3.63) is 0 Å². The molecule has 0 radical (unpaired) electrons. The van der Waals surface area contributed by atoms with E-state index in [-0.39, 0.29) is 41.7 Å². The van der Waals surface area contributed by atoms with Gasteiger partial charge >= 0.3 is 0 Å². The van der Waals surface area contributed by atoms with Crippen LogP contribution in [0.1, 0.15) is 52.4 Å². The summed E-state index contributed by atoms with van der Waals surface area (Å²) in [7, 11) is 0. The van der Waals surface area contributed by atoms with Gasteiger partial charge in [0.25, 0.3) is 0 Å². The zero-order valence-electron chi connectivity index (χ0n) is 15.4. The minimum atomic E-state index is -0.897. The molecule has 3 unspecified atom stereocenters. The van der Waals surface area contributed by atoms with Crippen LogP contribution in [-0.4, -0.2) is 54.6 Å². The van der Waals surface area contributed by atoms with Crippen molar-refractivity contribution in [2.24, 2.45) is 17.1 Å². The first-order valence-electron chi connectivity index (χ1n) is 9.35. The molecule has 6 nitrogen and oxygen atoms in total. The van der Waals surface area contributed by atoms with E-state index in [0.717, 1.165) is 45.4 Å². The number of carbonyl (C=O) groups is 2. The lowest BCUT2D eigenvalue weighted by Gasteiger charge is -2.65. The zero-order chi connectivity index (χ0) is 17.4. The SMILES string of the molecule is CC1(C)C2OCCCC2C1(N)C(=O)NCCC(=O)N1CCCCC1.Cl. The van der Waals surface area contributed by atoms with Crippen LogP contribution in [0.15, 0.2) is 0 Å². The van der Waals surface area contributed by atoms with Crippen molar-refractivity contribution in [2.45, 2.75) is 64.0 Å². The summed E-state index contributed by atoms with van der Waals surface area (Å²) in [5, 5.41) is 2.92. The predicted octanol–water partition coefficient (Wildman–Crippen LogP) is 1.46. The molecule has 0 aromatic heterocycles. The second kappa shape index (κ2) is 7.80. The summed E-state index contributed by atoms with van der Waals surface area (Å²) in [6.45, 7) is 6.84. The van der Waals surface area contributed by atoms with Crippen molar-refractivity contribution >= 4 is 24.2 Å². The average Bonchev–Trinajstić information content (AvgIpc) is 2.61. The fraction of sp³-hybridized carbons (Fsp3) is 0.889. The molecule has 0 spiro atoms. The first-order valence-corrected chi connectivity index (χ1v) is 9.35. The summed E-state index contributed by atoms with van der Waals surface area (Å²) < 4.78 is 5.84. The summed E-state index contributed by atoms with van der Waals surface area (Å²) in [5.41, 5.74) is 5.28. The van der Waals surface area contributed by atoms with Gasteiger partial charge in [0.1, 0.15) is 5.54 Å². The fourth-order valence-corrected chi connectivity index (χ4v) is 4.77. The van der Waals surface area contributed by atoms with E-state index in [0.29, 0.717) is 13.0 Å². The Balaban J connectivity index is 0.00000225. The quantitative estimate of drug-likeness (QED) is 0.781. The maximum Gasteiger partial charge on any atom is 0.241 e. The third-order valence-corrected chi connectivity index (χ3v) is 6.39. The summed E-state index contributed by atoms with van der Waals surface area (Å²) in [5.74, 6) is 0.0811. The van der Waals surface area contributed by atoms with E-state index in [1.54, 1.807) is 0 Å². The maximum atomic E-state index is 12.8. The van der Waals surface area contributed by atoms with E-state index in [1.165, 1.54) is 6.42 Å². The monoisotopic (exact) mass is 373 g/mol. The van der Waals surface area contributed by atoms with E-state index in [1.807, 2.05) is 18.7 Å². The molecular weight excluding hydrogens is 342 g/mol. The largest absolute Gasteiger partial charge is 0.377 e. The molecule has 25 heavy (non-hydrogen) atoms. The molecule has 2 aliphatic heterocycles. The minimum absolute atomic E-state index is 0. The topological polar surface area (TPSA) is 84.7 Å². The molecule has 3 aliphatic rings. The van der Waals surface area contributed by atoms with Crippen molar-refractivity contribution in [3.8, 4) is 0 Å². The molecule has 1 saturated carbocycles. The number of halogens is 1. The lowest BCUT2D eigenvalue weighted by molar-refractivity contribution is -0.225. The molecule has 3 N–H and O–H groups in total. The number of likely N-dealkylation sites (tertiary alicyclic amines) is 1. The lowest BCUT2D eigenvalue weighted by atomic mass is 9.46. The number of piperidine rings is 1. The molecular formula is C18H32ClN3O3. The standard InChI is InChI=1S/C18H31N3O3.ClH/c1-17(2)15-13(7-6-12-24-15)18(17,19)16(23)20-9-8-14(22)21-10-4-3-5-11-21;/h13,15H,3-12,19H2,1-2H3,(H,20,23);1H. The number of amides is 2. The van der Waals surface area contributed by atoms with Gasteiger partial charge in [0.2, 0.25) is 11.8 Å². The van der Waals surface area contributed by atoms with E-state index in [4.69, 9.17) is 10.5 Å². The molecule has 144 valence electrons. The van der Waals surface area contributed by atoms with Crippen LogP contribution in [0.25, 0.3) is 0 Å². The van der Waals surface area contributed by atoms with Crippen LogP contribution < -0.4 is 11.1 Å². The Kier molecular flexibility index (Phi) is 6.39. The van der Waals surface area contributed by atoms with Crippen molar-refractivity contribution in [3.63, 3.8) is 0 Å². The number of hydrogen-bond donors (Lipinski definition) is 2. The van der Waals surface area contributed by atoms with E-state index < -0.39 is 5.54 Å². The van der Waals surface area contributed by atoms with E-state index in [2.05, 4.69) is 5.32 Å². The van der Waals surface area contributed by atoms with Gasteiger partial charge in [-0.3, -0.25) is 9.59 Å². The van der Waals surface area contributed by atoms with Crippen LogP contribution in [-0.2, 0) is 14.3 Å². The Morgan fingerprint density at radius 3 is 2.56 bits per heavy atom. The highest BCUT2D eigenvalue weighted by molar-refractivity contribution is 5.90. The second-order valence-electron chi connectivity index (χ2n) is 8.08. The number of fused-ring (bicyclic) bond motifs is 1. The zero-order valence-corrected chi connectivity index (χ0v) is 16.2. The molecule has 0 aromatic carbocycles. The maximum absolute atomic E-state index is 12.8. The summed E-state index contributed by atoms with van der Waals surface area (Å²) in [4.78, 5) is 26.9. The van der Waals surface area contributed by atoms with Gasteiger partial charge in [0.15, 0.2) is 0 Å². The smallest absolute Gasteiger partial charge is 0.241 e. The lowest BCUT2D eigenvalue weighted by Crippen LogP contribution is -2.82. The number of nitrogens with one attached hydrogen (secondary N) is 1. The highest BCUT2D eigenvalue weighted by atomic mass is 35.5. The van der Waals surface area contributed by atoms with Gasteiger partial charge < -0.3 is 20.7 Å².